The second kappa shape index (κ2) is 11.5. The summed E-state index contributed by atoms with van der Waals surface area (Å²) in [5.74, 6) is 0.794. The number of pyridine rings is 1. The van der Waals surface area contributed by atoms with Gasteiger partial charge in [0.2, 0.25) is 5.96 Å². The van der Waals surface area contributed by atoms with Crippen LogP contribution in [0.25, 0.3) is 66.3 Å². The molecule has 5 nitrogen and oxygen atoms in total. The highest BCUT2D eigenvalue weighted by Gasteiger charge is 2.25. The summed E-state index contributed by atoms with van der Waals surface area (Å²) >= 11 is 0. The van der Waals surface area contributed by atoms with E-state index >= 15 is 0 Å². The molecular formula is C45H31N5. The van der Waals surface area contributed by atoms with Crippen LogP contribution in [0, 0.1) is 0 Å². The lowest BCUT2D eigenvalue weighted by molar-refractivity contribution is 0.760. The van der Waals surface area contributed by atoms with Gasteiger partial charge in [0.1, 0.15) is 0 Å². The van der Waals surface area contributed by atoms with Gasteiger partial charge in [0.25, 0.3) is 0 Å². The Balaban J connectivity index is 1.24. The minimum absolute atomic E-state index is 0.0623. The van der Waals surface area contributed by atoms with E-state index in [1.165, 1.54) is 16.3 Å². The van der Waals surface area contributed by atoms with Gasteiger partial charge < -0.3 is 9.88 Å². The maximum absolute atomic E-state index is 5.36. The first-order chi connectivity index (χ1) is 24.8. The van der Waals surface area contributed by atoms with Gasteiger partial charge in [0, 0.05) is 39.2 Å². The van der Waals surface area contributed by atoms with Crippen LogP contribution < -0.4 is 5.32 Å². The molecule has 0 bridgehead atoms. The summed E-state index contributed by atoms with van der Waals surface area (Å²) in [7, 11) is 0. The van der Waals surface area contributed by atoms with Gasteiger partial charge >= 0.3 is 0 Å². The molecule has 1 aliphatic heterocycles. The van der Waals surface area contributed by atoms with Gasteiger partial charge in [0.15, 0.2) is 0 Å². The van der Waals surface area contributed by atoms with E-state index in [4.69, 9.17) is 9.98 Å². The second-order valence-electron chi connectivity index (χ2n) is 12.7. The van der Waals surface area contributed by atoms with E-state index in [0.717, 1.165) is 67.0 Å². The van der Waals surface area contributed by atoms with Crippen LogP contribution in [0.5, 0.6) is 0 Å². The summed E-state index contributed by atoms with van der Waals surface area (Å²) in [6.45, 7) is 0. The maximum atomic E-state index is 5.36. The zero-order valence-electron chi connectivity index (χ0n) is 27.1. The van der Waals surface area contributed by atoms with Gasteiger partial charge in [-0.15, -0.1) is 0 Å². The van der Waals surface area contributed by atoms with Crippen molar-refractivity contribution in [2.75, 3.05) is 0 Å². The summed E-state index contributed by atoms with van der Waals surface area (Å²) < 4.78 is 4.65. The standard InChI is InChI=1S/C45H31N5/c1-4-14-30(15-5-1)38-29-39(31-16-6-2-7-17-31)48-45(47-38)50-40-23-11-10-20-35(40)36-22-12-21-34(44(36)50)32-25-26-37-42(28-32)49(33-18-8-3-9-19-33)41-24-13-27-46-43(37)41/h1-29,38H,(H,47,48). The van der Waals surface area contributed by atoms with Crippen LogP contribution in [-0.2, 0) is 0 Å². The molecule has 4 heterocycles. The quantitative estimate of drug-likeness (QED) is 0.208. The number of benzene rings is 6. The third-order valence-corrected chi connectivity index (χ3v) is 9.82. The molecule has 10 rings (SSSR count). The first kappa shape index (κ1) is 28.3. The molecule has 0 radical (unpaired) electrons. The number of fused-ring (bicyclic) bond motifs is 6. The monoisotopic (exact) mass is 641 g/mol. The van der Waals surface area contributed by atoms with E-state index in [9.17, 15) is 0 Å². The van der Waals surface area contributed by atoms with E-state index in [1.54, 1.807) is 0 Å². The van der Waals surface area contributed by atoms with Crippen molar-refractivity contribution in [2.45, 2.75) is 6.04 Å². The lowest BCUT2D eigenvalue weighted by Gasteiger charge is -2.26. The van der Waals surface area contributed by atoms with E-state index in [0.29, 0.717) is 0 Å². The van der Waals surface area contributed by atoms with Crippen molar-refractivity contribution < 1.29 is 0 Å². The van der Waals surface area contributed by atoms with E-state index in [-0.39, 0.29) is 6.04 Å². The fourth-order valence-corrected chi connectivity index (χ4v) is 7.57. The molecule has 0 fully saturated rings. The average Bonchev–Trinajstić information content (AvgIpc) is 3.71. The predicted molar refractivity (Wildman–Crippen MR) is 207 cm³/mol. The minimum Gasteiger partial charge on any atom is -0.345 e. The highest BCUT2D eigenvalue weighted by molar-refractivity contribution is 6.19. The van der Waals surface area contributed by atoms with Crippen LogP contribution in [0.2, 0.25) is 0 Å². The van der Waals surface area contributed by atoms with E-state index in [1.807, 2.05) is 18.3 Å². The molecule has 50 heavy (non-hydrogen) atoms. The molecular weight excluding hydrogens is 611 g/mol. The third kappa shape index (κ3) is 4.48. The topological polar surface area (TPSA) is 47.1 Å². The molecule has 0 aliphatic carbocycles. The largest absolute Gasteiger partial charge is 0.345 e. The van der Waals surface area contributed by atoms with Gasteiger partial charge in [-0.3, -0.25) is 9.55 Å². The number of aromatic nitrogens is 3. The van der Waals surface area contributed by atoms with Gasteiger partial charge in [-0.05, 0) is 59.7 Å². The molecule has 0 amide bonds. The first-order valence-corrected chi connectivity index (χ1v) is 17.0. The van der Waals surface area contributed by atoms with E-state index in [2.05, 4.69) is 172 Å². The lowest BCUT2D eigenvalue weighted by atomic mass is 10.0. The van der Waals surface area contributed by atoms with Crippen molar-refractivity contribution in [2.24, 2.45) is 4.99 Å². The number of nitrogens with one attached hydrogen (secondary N) is 1. The molecule has 236 valence electrons. The lowest BCUT2D eigenvalue weighted by Crippen LogP contribution is -2.35. The Morgan fingerprint density at radius 1 is 0.520 bits per heavy atom. The molecule has 3 aromatic heterocycles. The molecule has 1 N–H and O–H groups in total. The summed E-state index contributed by atoms with van der Waals surface area (Å²) in [4.78, 5) is 10.2. The normalized spacial score (nSPS) is 14.6. The van der Waals surface area contributed by atoms with Crippen molar-refractivity contribution in [3.05, 3.63) is 187 Å². The molecule has 5 heteroatoms. The van der Waals surface area contributed by atoms with E-state index < -0.39 is 0 Å². The van der Waals surface area contributed by atoms with Gasteiger partial charge in [-0.2, -0.15) is 0 Å². The zero-order valence-corrected chi connectivity index (χ0v) is 27.1. The Hall–Kier alpha value is -6.72. The minimum atomic E-state index is -0.0623. The van der Waals surface area contributed by atoms with Crippen LogP contribution in [0.1, 0.15) is 17.2 Å². The molecule has 0 saturated carbocycles. The smallest absolute Gasteiger partial charge is 0.209 e. The summed E-state index contributed by atoms with van der Waals surface area (Å²) in [6, 6.07) is 57.8. The summed E-state index contributed by atoms with van der Waals surface area (Å²) in [5.41, 5.74) is 12.0. The number of nitrogens with zero attached hydrogens (tertiary/aromatic N) is 4. The fourth-order valence-electron chi connectivity index (χ4n) is 7.57. The fraction of sp³-hybridized carbons (Fsp3) is 0.0222. The molecule has 0 saturated heterocycles. The molecule has 1 atom stereocenters. The van der Waals surface area contributed by atoms with Crippen LogP contribution in [0.3, 0.4) is 0 Å². The number of para-hydroxylation sites is 3. The van der Waals surface area contributed by atoms with Crippen LogP contribution in [0.15, 0.2) is 181 Å². The highest BCUT2D eigenvalue weighted by Crippen LogP contribution is 2.40. The maximum Gasteiger partial charge on any atom is 0.209 e. The van der Waals surface area contributed by atoms with Crippen LogP contribution in [0.4, 0.5) is 0 Å². The van der Waals surface area contributed by atoms with Crippen LogP contribution >= 0.6 is 0 Å². The predicted octanol–water partition coefficient (Wildman–Crippen LogP) is 10.5. The zero-order chi connectivity index (χ0) is 33.0. The molecule has 6 aromatic carbocycles. The molecule has 1 aliphatic rings. The van der Waals surface area contributed by atoms with Crippen molar-refractivity contribution >= 4 is 55.4 Å². The summed E-state index contributed by atoms with van der Waals surface area (Å²) in [6.07, 6.45) is 4.11. The Morgan fingerprint density at radius 2 is 1.24 bits per heavy atom. The molecule has 0 spiro atoms. The van der Waals surface area contributed by atoms with Crippen LogP contribution in [-0.4, -0.2) is 20.1 Å². The number of hydrogen-bond acceptors (Lipinski definition) is 3. The number of hydrogen-bond donors (Lipinski definition) is 1. The summed E-state index contributed by atoms with van der Waals surface area (Å²) in [5, 5.41) is 7.33. The van der Waals surface area contributed by atoms with Gasteiger partial charge in [-0.1, -0.05) is 121 Å². The van der Waals surface area contributed by atoms with Crippen molar-refractivity contribution in [3.8, 4) is 16.8 Å². The van der Waals surface area contributed by atoms with Crippen molar-refractivity contribution in [3.63, 3.8) is 0 Å². The van der Waals surface area contributed by atoms with Crippen molar-refractivity contribution in [1.29, 1.82) is 0 Å². The second-order valence-corrected chi connectivity index (χ2v) is 12.7. The highest BCUT2D eigenvalue weighted by atomic mass is 15.2. The number of aliphatic imine (C=N–C) groups is 1. The Morgan fingerprint density at radius 3 is 2.08 bits per heavy atom. The Kier molecular flexibility index (Phi) is 6.49. The Labute approximate surface area is 289 Å². The number of rotatable bonds is 4. The molecule has 1 unspecified atom stereocenters. The van der Waals surface area contributed by atoms with Gasteiger partial charge in [0.05, 0.1) is 39.3 Å². The average molecular weight is 642 g/mol. The first-order valence-electron chi connectivity index (χ1n) is 17.0. The molecule has 9 aromatic rings. The van der Waals surface area contributed by atoms with Gasteiger partial charge in [-0.25, -0.2) is 4.99 Å². The Bertz CT molecular complexity index is 2770. The van der Waals surface area contributed by atoms with Crippen molar-refractivity contribution in [1.82, 2.24) is 19.4 Å². The third-order valence-electron chi connectivity index (χ3n) is 9.82. The SMILES string of the molecule is C1=C(c2ccccc2)N=C(n2c3ccccc3c3cccc(-c4ccc5c6ncccc6n(-c6ccccc6)c5c4)c32)NC1c1ccccc1.